The lowest BCUT2D eigenvalue weighted by molar-refractivity contribution is -0.123. The van der Waals surface area contributed by atoms with Gasteiger partial charge < -0.3 is 9.30 Å². The zero-order valence-electron chi connectivity index (χ0n) is 20.3. The van der Waals surface area contributed by atoms with E-state index in [1.165, 1.54) is 4.90 Å². The van der Waals surface area contributed by atoms with Crippen LogP contribution in [0.1, 0.15) is 22.3 Å². The van der Waals surface area contributed by atoms with Crippen LogP contribution in [0, 0.1) is 13.8 Å². The zero-order chi connectivity index (χ0) is 26.1. The summed E-state index contributed by atoms with van der Waals surface area (Å²) in [6, 6.07) is 19.3. The second-order valence-corrected chi connectivity index (χ2v) is 10.7. The van der Waals surface area contributed by atoms with Crippen LogP contribution in [0.4, 0.5) is 4.79 Å². The fourth-order valence-electron chi connectivity index (χ4n) is 4.32. The van der Waals surface area contributed by atoms with Gasteiger partial charge in [0.05, 0.1) is 18.0 Å². The Kier molecular flexibility index (Phi) is 7.33. The van der Waals surface area contributed by atoms with Crippen molar-refractivity contribution in [3.8, 4) is 5.75 Å². The fourth-order valence-corrected chi connectivity index (χ4v) is 5.69. The standard InChI is InChI=1S/C29H24Cl2N2O3S/c1-18-10-11-19(2)26(14-18)36-13-12-33-28(34)27(37-29(33)35)15-20-16-32(25-9-4-3-6-21(20)25)17-22-23(30)7-5-8-24(22)31/h3-11,14-16H,12-13,17H2,1-2H3/b27-15-. The van der Waals surface area contributed by atoms with E-state index in [2.05, 4.69) is 4.57 Å². The third-order valence-electron chi connectivity index (χ3n) is 6.29. The number of carbonyl (C=O) groups is 2. The van der Waals surface area contributed by atoms with Gasteiger partial charge in [-0.05, 0) is 67.1 Å². The number of halogens is 2. The van der Waals surface area contributed by atoms with Gasteiger partial charge in [0.15, 0.2) is 0 Å². The van der Waals surface area contributed by atoms with E-state index in [0.29, 0.717) is 21.5 Å². The molecule has 1 fully saturated rings. The molecule has 0 unspecified atom stereocenters. The third kappa shape index (κ3) is 5.28. The summed E-state index contributed by atoms with van der Waals surface area (Å²) in [7, 11) is 0. The fraction of sp³-hybridized carbons (Fsp3) is 0.172. The number of para-hydroxylation sites is 1. The molecule has 0 bridgehead atoms. The largest absolute Gasteiger partial charge is 0.491 e. The van der Waals surface area contributed by atoms with Crippen LogP contribution >= 0.6 is 35.0 Å². The van der Waals surface area contributed by atoms with E-state index in [9.17, 15) is 9.59 Å². The van der Waals surface area contributed by atoms with Crippen molar-refractivity contribution in [3.63, 3.8) is 0 Å². The summed E-state index contributed by atoms with van der Waals surface area (Å²) >= 11 is 13.8. The summed E-state index contributed by atoms with van der Waals surface area (Å²) < 4.78 is 7.92. The number of hydrogen-bond acceptors (Lipinski definition) is 4. The van der Waals surface area contributed by atoms with Crippen LogP contribution < -0.4 is 4.74 Å². The summed E-state index contributed by atoms with van der Waals surface area (Å²) in [5.74, 6) is 0.444. The van der Waals surface area contributed by atoms with Gasteiger partial charge in [0.25, 0.3) is 11.1 Å². The van der Waals surface area contributed by atoms with Gasteiger partial charge in [0.1, 0.15) is 12.4 Å². The minimum absolute atomic E-state index is 0.183. The molecular weight excluding hydrogens is 527 g/mol. The molecule has 1 aliphatic heterocycles. The van der Waals surface area contributed by atoms with E-state index < -0.39 is 0 Å². The average molecular weight is 551 g/mol. The molecule has 37 heavy (non-hydrogen) atoms. The molecule has 8 heteroatoms. The van der Waals surface area contributed by atoms with Crippen LogP contribution in [0.25, 0.3) is 17.0 Å². The van der Waals surface area contributed by atoms with Crippen molar-refractivity contribution in [3.05, 3.63) is 104 Å². The normalized spacial score (nSPS) is 14.8. The van der Waals surface area contributed by atoms with Gasteiger partial charge in [0.2, 0.25) is 0 Å². The van der Waals surface area contributed by atoms with Gasteiger partial charge in [-0.3, -0.25) is 14.5 Å². The molecule has 5 rings (SSSR count). The van der Waals surface area contributed by atoms with Gasteiger partial charge in [0, 0.05) is 38.3 Å². The van der Waals surface area contributed by atoms with Gasteiger partial charge >= 0.3 is 0 Å². The van der Waals surface area contributed by atoms with Crippen molar-refractivity contribution < 1.29 is 14.3 Å². The van der Waals surface area contributed by atoms with E-state index in [1.54, 1.807) is 6.08 Å². The molecule has 0 atom stereocenters. The number of amides is 2. The molecule has 188 valence electrons. The number of hydrogen-bond donors (Lipinski definition) is 0. The summed E-state index contributed by atoms with van der Waals surface area (Å²) in [5, 5.41) is 1.86. The highest BCUT2D eigenvalue weighted by Gasteiger charge is 2.35. The molecule has 1 saturated heterocycles. The molecule has 4 aromatic rings. The van der Waals surface area contributed by atoms with E-state index in [4.69, 9.17) is 27.9 Å². The van der Waals surface area contributed by atoms with E-state index in [-0.39, 0.29) is 24.3 Å². The second-order valence-electron chi connectivity index (χ2n) is 8.88. The zero-order valence-corrected chi connectivity index (χ0v) is 22.7. The average Bonchev–Trinajstić information content (AvgIpc) is 3.35. The number of thioether (sulfide) groups is 1. The number of fused-ring (bicyclic) bond motifs is 1. The lowest BCUT2D eigenvalue weighted by atomic mass is 10.1. The number of benzene rings is 3. The maximum absolute atomic E-state index is 13.1. The number of ether oxygens (including phenoxy) is 1. The van der Waals surface area contributed by atoms with Crippen LogP contribution in [0.3, 0.4) is 0 Å². The molecule has 1 aliphatic rings. The molecule has 2 heterocycles. The number of carbonyl (C=O) groups excluding carboxylic acids is 2. The van der Waals surface area contributed by atoms with Gasteiger partial charge in [-0.1, -0.05) is 59.6 Å². The molecular formula is C29H24Cl2N2O3S. The number of rotatable bonds is 7. The molecule has 1 aromatic heterocycles. The highest BCUT2D eigenvalue weighted by molar-refractivity contribution is 8.18. The number of aromatic nitrogens is 1. The number of nitrogens with zero attached hydrogens (tertiary/aromatic N) is 2. The van der Waals surface area contributed by atoms with E-state index >= 15 is 0 Å². The minimum Gasteiger partial charge on any atom is -0.491 e. The van der Waals surface area contributed by atoms with Crippen molar-refractivity contribution in [2.45, 2.75) is 20.4 Å². The molecule has 0 N–H and O–H groups in total. The van der Waals surface area contributed by atoms with Crippen LogP contribution in [0.15, 0.2) is 71.8 Å². The first-order valence-electron chi connectivity index (χ1n) is 11.8. The summed E-state index contributed by atoms with van der Waals surface area (Å²) in [6.07, 6.45) is 3.74. The summed E-state index contributed by atoms with van der Waals surface area (Å²) in [5.41, 5.74) is 4.74. The first-order chi connectivity index (χ1) is 17.8. The Balaban J connectivity index is 1.37. The first-order valence-corrected chi connectivity index (χ1v) is 13.4. The van der Waals surface area contributed by atoms with Gasteiger partial charge in [-0.15, -0.1) is 0 Å². The Morgan fingerprint density at radius 2 is 1.73 bits per heavy atom. The van der Waals surface area contributed by atoms with Crippen molar-refractivity contribution in [1.29, 1.82) is 0 Å². The van der Waals surface area contributed by atoms with Crippen molar-refractivity contribution >= 4 is 63.1 Å². The summed E-state index contributed by atoms with van der Waals surface area (Å²) in [4.78, 5) is 27.4. The Labute approximate surface area is 229 Å². The second kappa shape index (κ2) is 10.7. The molecule has 0 saturated carbocycles. The van der Waals surface area contributed by atoms with Gasteiger partial charge in [-0.25, -0.2) is 0 Å². The van der Waals surface area contributed by atoms with Crippen LogP contribution in [-0.2, 0) is 11.3 Å². The molecule has 0 spiro atoms. The molecule has 2 amide bonds. The molecule has 5 nitrogen and oxygen atoms in total. The molecule has 3 aromatic carbocycles. The van der Waals surface area contributed by atoms with Crippen LogP contribution in [0.5, 0.6) is 5.75 Å². The summed E-state index contributed by atoms with van der Waals surface area (Å²) in [6.45, 7) is 4.85. The van der Waals surface area contributed by atoms with E-state index in [0.717, 1.165) is 50.7 Å². The highest BCUT2D eigenvalue weighted by atomic mass is 35.5. The van der Waals surface area contributed by atoms with Crippen LogP contribution in [0.2, 0.25) is 10.0 Å². The predicted molar refractivity (Wildman–Crippen MR) is 152 cm³/mol. The first kappa shape index (κ1) is 25.5. The lowest BCUT2D eigenvalue weighted by Crippen LogP contribution is -2.32. The minimum atomic E-state index is -0.314. The van der Waals surface area contributed by atoms with Gasteiger partial charge in [-0.2, -0.15) is 0 Å². The lowest BCUT2D eigenvalue weighted by Gasteiger charge is -2.14. The van der Waals surface area contributed by atoms with Crippen molar-refractivity contribution in [2.24, 2.45) is 0 Å². The van der Waals surface area contributed by atoms with Crippen LogP contribution in [-0.4, -0.2) is 33.8 Å². The monoisotopic (exact) mass is 550 g/mol. The van der Waals surface area contributed by atoms with E-state index in [1.807, 2.05) is 80.7 Å². The van der Waals surface area contributed by atoms with Crippen molar-refractivity contribution in [2.75, 3.05) is 13.2 Å². The Morgan fingerprint density at radius 3 is 2.51 bits per heavy atom. The Hall–Kier alpha value is -3.19. The third-order valence-corrected chi connectivity index (χ3v) is 7.90. The SMILES string of the molecule is Cc1ccc(C)c(OCCN2C(=O)S/C(=C\c3cn(Cc4c(Cl)cccc4Cl)c4ccccc34)C2=O)c1. The highest BCUT2D eigenvalue weighted by Crippen LogP contribution is 2.35. The topological polar surface area (TPSA) is 51.5 Å². The quantitative estimate of drug-likeness (QED) is 0.221. The maximum atomic E-state index is 13.1. The molecule has 0 aliphatic carbocycles. The van der Waals surface area contributed by atoms with Crippen molar-refractivity contribution in [1.82, 2.24) is 9.47 Å². The number of aryl methyl sites for hydroxylation is 2. The number of imide groups is 1. The predicted octanol–water partition coefficient (Wildman–Crippen LogP) is 7.73. The Morgan fingerprint density at radius 1 is 0.973 bits per heavy atom. The maximum Gasteiger partial charge on any atom is 0.293 e. The molecule has 0 radical (unpaired) electrons. The smallest absolute Gasteiger partial charge is 0.293 e. The Bertz CT molecular complexity index is 1540.